The van der Waals surface area contributed by atoms with Gasteiger partial charge in [-0.1, -0.05) is 6.07 Å². The van der Waals surface area contributed by atoms with E-state index in [4.69, 9.17) is 16.6 Å². The minimum absolute atomic E-state index is 0.0357. The number of guanidine groups is 1. The molecule has 0 aliphatic carbocycles. The molecule has 2 amide bonds. The second-order valence-corrected chi connectivity index (χ2v) is 6.36. The van der Waals surface area contributed by atoms with Crippen molar-refractivity contribution in [2.24, 2.45) is 16.5 Å². The van der Waals surface area contributed by atoms with Crippen LogP contribution in [0.2, 0.25) is 0 Å². The van der Waals surface area contributed by atoms with Crippen molar-refractivity contribution in [2.45, 2.75) is 12.5 Å². The van der Waals surface area contributed by atoms with Crippen molar-refractivity contribution in [3.8, 4) is 0 Å². The van der Waals surface area contributed by atoms with Crippen LogP contribution < -0.4 is 22.1 Å². The lowest BCUT2D eigenvalue weighted by Gasteiger charge is -2.16. The van der Waals surface area contributed by atoms with Gasteiger partial charge in [0.1, 0.15) is 11.9 Å². The Bertz CT molecular complexity index is 1020. The Morgan fingerprint density at radius 2 is 1.71 bits per heavy atom. The first kappa shape index (κ1) is 23.0. The molecule has 0 aliphatic rings. The summed E-state index contributed by atoms with van der Waals surface area (Å²) in [6, 6.07) is 9.06. The summed E-state index contributed by atoms with van der Waals surface area (Å²) in [5, 5.41) is 13.7. The number of nitrogens with zero attached hydrogens (tertiary/aromatic N) is 1. The lowest BCUT2D eigenvalue weighted by molar-refractivity contribution is -0.137. The van der Waals surface area contributed by atoms with Crippen molar-refractivity contribution in [2.75, 3.05) is 6.54 Å². The van der Waals surface area contributed by atoms with Crippen LogP contribution in [-0.4, -0.2) is 47.2 Å². The molecule has 0 saturated carbocycles. The maximum absolute atomic E-state index is 13.0. The Morgan fingerprint density at radius 1 is 1.03 bits per heavy atom. The number of halogens is 1. The third-order valence-corrected chi connectivity index (χ3v) is 3.94. The molecule has 0 radical (unpaired) electrons. The van der Waals surface area contributed by atoms with Crippen molar-refractivity contribution in [3.63, 3.8) is 0 Å². The van der Waals surface area contributed by atoms with Gasteiger partial charge in [-0.15, -0.1) is 0 Å². The zero-order valence-corrected chi connectivity index (χ0v) is 16.2. The van der Waals surface area contributed by atoms with Crippen LogP contribution in [0.15, 0.2) is 53.5 Å². The number of nitrogens with two attached hydrogens (primary N) is 2. The first-order chi connectivity index (χ1) is 14.7. The quantitative estimate of drug-likeness (QED) is 0.216. The molecule has 162 valence electrons. The van der Waals surface area contributed by atoms with Gasteiger partial charge in [-0.05, 0) is 42.5 Å². The standard InChI is InChI=1S/C20H20FN5O5/c21-13-6-4-11(5-7-13)18(30)15(9-17(28)29)26-16(27)10-24-19(31)12-2-1-3-14(8-12)25-20(22)23/h1-8,15H,9-10H2,(H,24,31)(H,26,27)(H,28,29)(H4,22,23,25). The van der Waals surface area contributed by atoms with E-state index in [2.05, 4.69) is 15.6 Å². The van der Waals surface area contributed by atoms with Crippen LogP contribution in [0.5, 0.6) is 0 Å². The zero-order valence-electron chi connectivity index (χ0n) is 16.2. The summed E-state index contributed by atoms with van der Waals surface area (Å²) in [5.41, 5.74) is 11.1. The van der Waals surface area contributed by atoms with E-state index in [-0.39, 0.29) is 17.1 Å². The molecule has 2 rings (SSSR count). The molecule has 2 aromatic carbocycles. The number of aliphatic carboxylic acids is 1. The van der Waals surface area contributed by atoms with Crippen LogP contribution in [0.25, 0.3) is 0 Å². The van der Waals surface area contributed by atoms with E-state index in [9.17, 15) is 23.6 Å². The van der Waals surface area contributed by atoms with E-state index in [0.717, 1.165) is 12.1 Å². The van der Waals surface area contributed by atoms with Gasteiger partial charge in [0, 0.05) is 11.1 Å². The topological polar surface area (TPSA) is 177 Å². The maximum Gasteiger partial charge on any atom is 0.305 e. The lowest BCUT2D eigenvalue weighted by atomic mass is 10.0. The average molecular weight is 429 g/mol. The van der Waals surface area contributed by atoms with Gasteiger partial charge in [0.15, 0.2) is 11.7 Å². The molecule has 0 spiro atoms. The summed E-state index contributed by atoms with van der Waals surface area (Å²) in [5.74, 6) is -4.17. The first-order valence-corrected chi connectivity index (χ1v) is 8.94. The van der Waals surface area contributed by atoms with E-state index < -0.39 is 48.4 Å². The molecule has 1 unspecified atom stereocenters. The number of hydrogen-bond acceptors (Lipinski definition) is 5. The van der Waals surface area contributed by atoms with Gasteiger partial charge in [-0.3, -0.25) is 19.2 Å². The number of benzene rings is 2. The van der Waals surface area contributed by atoms with Gasteiger partial charge in [0.2, 0.25) is 5.91 Å². The van der Waals surface area contributed by atoms with E-state index in [1.54, 1.807) is 12.1 Å². The first-order valence-electron chi connectivity index (χ1n) is 8.94. The molecule has 1 atom stereocenters. The third kappa shape index (κ3) is 7.24. The number of aliphatic imine (C=N–C) groups is 1. The van der Waals surface area contributed by atoms with Crippen LogP contribution in [0.3, 0.4) is 0 Å². The van der Waals surface area contributed by atoms with Crippen molar-refractivity contribution in [3.05, 3.63) is 65.5 Å². The molecule has 0 heterocycles. The number of rotatable bonds is 9. The monoisotopic (exact) mass is 429 g/mol. The summed E-state index contributed by atoms with van der Waals surface area (Å²) in [7, 11) is 0. The molecule has 7 N–H and O–H groups in total. The van der Waals surface area contributed by atoms with Crippen LogP contribution in [-0.2, 0) is 9.59 Å². The number of hydrogen-bond donors (Lipinski definition) is 5. The average Bonchev–Trinajstić information content (AvgIpc) is 2.71. The Kier molecular flexibility index (Phi) is 7.78. The molecule has 0 fully saturated rings. The second-order valence-electron chi connectivity index (χ2n) is 6.36. The van der Waals surface area contributed by atoms with Gasteiger partial charge in [-0.2, -0.15) is 0 Å². The predicted octanol–water partition coefficient (Wildman–Crippen LogP) is 0.303. The minimum atomic E-state index is -1.39. The van der Waals surface area contributed by atoms with Gasteiger partial charge in [-0.25, -0.2) is 9.38 Å². The number of carbonyl (C=O) groups excluding carboxylic acids is 3. The molecule has 0 aliphatic heterocycles. The van der Waals surface area contributed by atoms with Crippen LogP contribution in [0.1, 0.15) is 27.1 Å². The Labute approximate surface area is 176 Å². The second kappa shape index (κ2) is 10.5. The molecule has 2 aromatic rings. The number of carbonyl (C=O) groups is 4. The molecular formula is C20H20FN5O5. The summed E-state index contributed by atoms with van der Waals surface area (Å²) >= 11 is 0. The van der Waals surface area contributed by atoms with Gasteiger partial charge >= 0.3 is 5.97 Å². The van der Waals surface area contributed by atoms with Crippen molar-refractivity contribution in [1.29, 1.82) is 0 Å². The number of Topliss-reactive ketones (excluding diaryl/α,β-unsaturated/α-hetero) is 1. The number of amides is 2. The van der Waals surface area contributed by atoms with Gasteiger partial charge in [0.25, 0.3) is 5.91 Å². The summed E-state index contributed by atoms with van der Waals surface area (Å²) < 4.78 is 13.0. The van der Waals surface area contributed by atoms with E-state index in [1.807, 2.05) is 0 Å². The molecule has 0 bridgehead atoms. The Balaban J connectivity index is 2.01. The fourth-order valence-electron chi connectivity index (χ4n) is 2.57. The molecule has 0 aromatic heterocycles. The van der Waals surface area contributed by atoms with Crippen LogP contribution in [0, 0.1) is 5.82 Å². The largest absolute Gasteiger partial charge is 0.481 e. The smallest absolute Gasteiger partial charge is 0.305 e. The fraction of sp³-hybridized carbons (Fsp3) is 0.150. The van der Waals surface area contributed by atoms with E-state index >= 15 is 0 Å². The lowest BCUT2D eigenvalue weighted by Crippen LogP contribution is -2.46. The summed E-state index contributed by atoms with van der Waals surface area (Å²) in [6.45, 7) is -0.516. The number of carboxylic acid groups (broad SMARTS) is 1. The number of nitrogens with one attached hydrogen (secondary N) is 2. The number of carboxylic acids is 1. The Hall–Kier alpha value is -4.28. The SMILES string of the molecule is NC(N)=Nc1cccc(C(=O)NCC(=O)NC(CC(=O)O)C(=O)c2ccc(F)cc2)c1. The van der Waals surface area contributed by atoms with Gasteiger partial charge < -0.3 is 27.2 Å². The molecule has 31 heavy (non-hydrogen) atoms. The molecule has 0 saturated heterocycles. The Morgan fingerprint density at radius 3 is 2.32 bits per heavy atom. The normalized spacial score (nSPS) is 11.1. The molecule has 11 heteroatoms. The predicted molar refractivity (Wildman–Crippen MR) is 109 cm³/mol. The number of ketones is 1. The fourth-order valence-corrected chi connectivity index (χ4v) is 2.57. The minimum Gasteiger partial charge on any atom is -0.481 e. The zero-order chi connectivity index (χ0) is 23.0. The highest BCUT2D eigenvalue weighted by atomic mass is 19.1. The van der Waals surface area contributed by atoms with Crippen molar-refractivity contribution >= 4 is 35.2 Å². The highest BCUT2D eigenvalue weighted by Crippen LogP contribution is 2.13. The third-order valence-electron chi connectivity index (χ3n) is 3.94. The molecular weight excluding hydrogens is 409 g/mol. The summed E-state index contributed by atoms with van der Waals surface area (Å²) in [6.07, 6.45) is -0.684. The van der Waals surface area contributed by atoms with E-state index in [0.29, 0.717) is 5.69 Å². The van der Waals surface area contributed by atoms with Crippen molar-refractivity contribution in [1.82, 2.24) is 10.6 Å². The maximum atomic E-state index is 13.0. The van der Waals surface area contributed by atoms with Crippen molar-refractivity contribution < 1.29 is 28.7 Å². The molecule has 10 nitrogen and oxygen atoms in total. The van der Waals surface area contributed by atoms with Crippen LogP contribution >= 0.6 is 0 Å². The highest BCUT2D eigenvalue weighted by Gasteiger charge is 2.25. The summed E-state index contributed by atoms with van der Waals surface area (Å²) in [4.78, 5) is 51.8. The van der Waals surface area contributed by atoms with Gasteiger partial charge in [0.05, 0.1) is 18.7 Å². The van der Waals surface area contributed by atoms with E-state index in [1.165, 1.54) is 24.3 Å². The highest BCUT2D eigenvalue weighted by molar-refractivity contribution is 6.04. The van der Waals surface area contributed by atoms with Crippen LogP contribution in [0.4, 0.5) is 10.1 Å².